The van der Waals surface area contributed by atoms with Crippen molar-refractivity contribution in [2.45, 2.75) is 11.6 Å². The Hall–Kier alpha value is -3.97. The molecule has 0 atom stereocenters. The van der Waals surface area contributed by atoms with Gasteiger partial charge >= 0.3 is 12.0 Å². The standard InChI is InChI=1S/C22H20N6O3S/c23-14-16-5-7-17(8-6-16)27-21(30)25-11-3-13-31-20(29)15-32-22-26-12-9-19(28-22)18-4-1-2-10-24-18/h1-2,4-10,12H,3,11,13,15H2,(H2,25,27,30). The number of carbonyl (C=O) groups is 2. The van der Waals surface area contributed by atoms with Crippen molar-refractivity contribution in [2.75, 3.05) is 24.2 Å². The van der Waals surface area contributed by atoms with Gasteiger partial charge in [0.2, 0.25) is 0 Å². The Morgan fingerprint density at radius 3 is 2.62 bits per heavy atom. The predicted octanol–water partition coefficient (Wildman–Crippen LogP) is 3.26. The van der Waals surface area contributed by atoms with E-state index in [0.29, 0.717) is 35.1 Å². The number of pyridine rings is 1. The van der Waals surface area contributed by atoms with E-state index in [1.165, 1.54) is 11.8 Å². The Balaban J connectivity index is 1.31. The molecule has 0 saturated carbocycles. The van der Waals surface area contributed by atoms with Crippen LogP contribution in [0.3, 0.4) is 0 Å². The molecule has 0 saturated heterocycles. The molecule has 0 radical (unpaired) electrons. The number of esters is 1. The Morgan fingerprint density at radius 1 is 1.03 bits per heavy atom. The molecule has 32 heavy (non-hydrogen) atoms. The van der Waals surface area contributed by atoms with Gasteiger partial charge in [0.15, 0.2) is 5.16 Å². The van der Waals surface area contributed by atoms with Crippen molar-refractivity contribution in [2.24, 2.45) is 0 Å². The van der Waals surface area contributed by atoms with Gasteiger partial charge in [-0.25, -0.2) is 14.8 Å². The second-order valence-corrected chi connectivity index (χ2v) is 7.31. The largest absolute Gasteiger partial charge is 0.465 e. The smallest absolute Gasteiger partial charge is 0.319 e. The van der Waals surface area contributed by atoms with Gasteiger partial charge in [-0.2, -0.15) is 5.26 Å². The lowest BCUT2D eigenvalue weighted by atomic mass is 10.2. The number of amides is 2. The molecule has 0 fully saturated rings. The number of nitrogens with zero attached hydrogens (tertiary/aromatic N) is 4. The van der Waals surface area contributed by atoms with Crippen LogP contribution in [0.5, 0.6) is 0 Å². The van der Waals surface area contributed by atoms with E-state index in [2.05, 4.69) is 25.6 Å². The zero-order chi connectivity index (χ0) is 22.6. The number of urea groups is 1. The maximum absolute atomic E-state index is 11.9. The average Bonchev–Trinajstić information content (AvgIpc) is 2.84. The van der Waals surface area contributed by atoms with Crippen molar-refractivity contribution in [1.29, 1.82) is 5.26 Å². The topological polar surface area (TPSA) is 130 Å². The summed E-state index contributed by atoms with van der Waals surface area (Å²) in [6.07, 6.45) is 3.79. The fourth-order valence-corrected chi connectivity index (χ4v) is 3.12. The van der Waals surface area contributed by atoms with Gasteiger partial charge in [-0.05, 0) is 48.9 Å². The van der Waals surface area contributed by atoms with Crippen LogP contribution in [0.4, 0.5) is 10.5 Å². The van der Waals surface area contributed by atoms with E-state index in [-0.39, 0.29) is 24.4 Å². The summed E-state index contributed by atoms with van der Waals surface area (Å²) >= 11 is 1.19. The number of anilines is 1. The number of rotatable bonds is 9. The first-order valence-corrected chi connectivity index (χ1v) is 10.7. The van der Waals surface area contributed by atoms with E-state index >= 15 is 0 Å². The number of hydrogen-bond acceptors (Lipinski definition) is 8. The Labute approximate surface area is 189 Å². The molecule has 0 spiro atoms. The van der Waals surface area contributed by atoms with E-state index in [9.17, 15) is 9.59 Å². The summed E-state index contributed by atoms with van der Waals surface area (Å²) in [5, 5.41) is 14.6. The molecule has 1 aromatic carbocycles. The van der Waals surface area contributed by atoms with Crippen LogP contribution in [-0.4, -0.2) is 45.9 Å². The molecule has 9 nitrogen and oxygen atoms in total. The Bertz CT molecular complexity index is 1090. The number of benzene rings is 1. The van der Waals surface area contributed by atoms with Crippen LogP contribution in [-0.2, 0) is 9.53 Å². The monoisotopic (exact) mass is 448 g/mol. The molecule has 3 rings (SSSR count). The fraction of sp³-hybridized carbons (Fsp3) is 0.182. The molecule has 0 bridgehead atoms. The summed E-state index contributed by atoms with van der Waals surface area (Å²) in [7, 11) is 0. The van der Waals surface area contributed by atoms with Gasteiger partial charge in [0.05, 0.1) is 35.4 Å². The van der Waals surface area contributed by atoms with E-state index in [4.69, 9.17) is 10.00 Å². The molecule has 0 aliphatic rings. The molecule has 2 aromatic heterocycles. The molecule has 0 aliphatic carbocycles. The van der Waals surface area contributed by atoms with Crippen LogP contribution in [0, 0.1) is 11.3 Å². The van der Waals surface area contributed by atoms with Crippen LogP contribution in [0.2, 0.25) is 0 Å². The molecule has 2 N–H and O–H groups in total. The molecule has 0 unspecified atom stereocenters. The average molecular weight is 449 g/mol. The summed E-state index contributed by atoms with van der Waals surface area (Å²) in [5.41, 5.74) is 2.51. The van der Waals surface area contributed by atoms with Gasteiger partial charge in [0.1, 0.15) is 0 Å². The van der Waals surface area contributed by atoms with E-state index < -0.39 is 0 Å². The minimum absolute atomic E-state index is 0.0816. The summed E-state index contributed by atoms with van der Waals surface area (Å²) in [6, 6.07) is 15.5. The van der Waals surface area contributed by atoms with E-state index in [1.807, 2.05) is 24.3 Å². The second kappa shape index (κ2) is 12.0. The lowest BCUT2D eigenvalue weighted by Gasteiger charge is -2.08. The number of thioether (sulfide) groups is 1. The van der Waals surface area contributed by atoms with Crippen LogP contribution >= 0.6 is 11.8 Å². The quantitative estimate of drug-likeness (QED) is 0.221. The number of ether oxygens (including phenoxy) is 1. The lowest BCUT2D eigenvalue weighted by molar-refractivity contribution is -0.140. The summed E-state index contributed by atoms with van der Waals surface area (Å²) in [5.74, 6) is -0.304. The number of nitriles is 1. The van der Waals surface area contributed by atoms with Crippen molar-refractivity contribution in [3.63, 3.8) is 0 Å². The van der Waals surface area contributed by atoms with Crippen molar-refractivity contribution in [1.82, 2.24) is 20.3 Å². The predicted molar refractivity (Wildman–Crippen MR) is 120 cm³/mol. The number of aromatic nitrogens is 3. The number of nitrogens with one attached hydrogen (secondary N) is 2. The third-order valence-corrected chi connectivity index (χ3v) is 4.86. The van der Waals surface area contributed by atoms with Gasteiger partial charge in [0.25, 0.3) is 0 Å². The van der Waals surface area contributed by atoms with Crippen LogP contribution in [0.15, 0.2) is 66.1 Å². The Morgan fingerprint density at radius 2 is 1.88 bits per heavy atom. The molecule has 10 heteroatoms. The van der Waals surface area contributed by atoms with Crippen LogP contribution < -0.4 is 10.6 Å². The summed E-state index contributed by atoms with van der Waals surface area (Å²) in [6.45, 7) is 0.531. The van der Waals surface area contributed by atoms with Gasteiger partial charge in [-0.1, -0.05) is 17.8 Å². The van der Waals surface area contributed by atoms with Gasteiger partial charge in [0, 0.05) is 24.6 Å². The zero-order valence-electron chi connectivity index (χ0n) is 17.0. The highest BCUT2D eigenvalue weighted by Crippen LogP contribution is 2.18. The summed E-state index contributed by atoms with van der Waals surface area (Å²) < 4.78 is 5.17. The Kier molecular flexibility index (Phi) is 8.53. The van der Waals surface area contributed by atoms with Crippen molar-refractivity contribution >= 4 is 29.4 Å². The third kappa shape index (κ3) is 7.37. The van der Waals surface area contributed by atoms with Gasteiger partial charge in [-0.3, -0.25) is 9.78 Å². The summed E-state index contributed by atoms with van der Waals surface area (Å²) in [4.78, 5) is 36.6. The molecule has 0 aliphatic heterocycles. The molecular weight excluding hydrogens is 428 g/mol. The zero-order valence-corrected chi connectivity index (χ0v) is 17.8. The molecular formula is C22H20N6O3S. The molecule has 3 aromatic rings. The first kappa shape index (κ1) is 22.7. The number of carbonyl (C=O) groups excluding carboxylic acids is 2. The highest BCUT2D eigenvalue weighted by atomic mass is 32.2. The third-order valence-electron chi connectivity index (χ3n) is 4.02. The highest BCUT2D eigenvalue weighted by Gasteiger charge is 2.08. The molecule has 2 amide bonds. The maximum atomic E-state index is 11.9. The first-order chi connectivity index (χ1) is 15.6. The molecule has 2 heterocycles. The SMILES string of the molecule is N#Cc1ccc(NC(=O)NCCCOC(=O)CSc2nccc(-c3ccccn3)n2)cc1. The first-order valence-electron chi connectivity index (χ1n) is 9.72. The van der Waals surface area contributed by atoms with E-state index in [0.717, 1.165) is 5.69 Å². The van der Waals surface area contributed by atoms with Crippen molar-refractivity contribution in [3.05, 3.63) is 66.5 Å². The molecule has 162 valence electrons. The second-order valence-electron chi connectivity index (χ2n) is 6.37. The van der Waals surface area contributed by atoms with Crippen LogP contribution in [0.25, 0.3) is 11.4 Å². The number of hydrogen-bond donors (Lipinski definition) is 2. The van der Waals surface area contributed by atoms with Gasteiger partial charge in [-0.15, -0.1) is 0 Å². The van der Waals surface area contributed by atoms with Crippen molar-refractivity contribution in [3.8, 4) is 17.5 Å². The maximum Gasteiger partial charge on any atom is 0.319 e. The minimum atomic E-state index is -0.385. The van der Waals surface area contributed by atoms with E-state index in [1.54, 1.807) is 42.7 Å². The van der Waals surface area contributed by atoms with Crippen LogP contribution in [0.1, 0.15) is 12.0 Å². The minimum Gasteiger partial charge on any atom is -0.465 e. The normalized spacial score (nSPS) is 10.1. The fourth-order valence-electron chi connectivity index (χ4n) is 2.50. The lowest BCUT2D eigenvalue weighted by Crippen LogP contribution is -2.30. The van der Waals surface area contributed by atoms with Gasteiger partial charge < -0.3 is 15.4 Å². The van der Waals surface area contributed by atoms with Crippen molar-refractivity contribution < 1.29 is 14.3 Å². The highest BCUT2D eigenvalue weighted by molar-refractivity contribution is 7.99.